The lowest BCUT2D eigenvalue weighted by Gasteiger charge is -2.29. The van der Waals surface area contributed by atoms with Gasteiger partial charge in [0.25, 0.3) is 5.91 Å². The molecule has 1 N–H and O–H groups in total. The van der Waals surface area contributed by atoms with E-state index in [2.05, 4.69) is 19.2 Å². The Morgan fingerprint density at radius 1 is 1.31 bits per heavy atom. The van der Waals surface area contributed by atoms with Crippen LogP contribution in [0.1, 0.15) is 29.8 Å². The number of nitrogens with zero attached hydrogens (tertiary/aromatic N) is 1. The molecule has 0 radical (unpaired) electrons. The minimum absolute atomic E-state index is 0.159. The second-order valence-electron chi connectivity index (χ2n) is 4.43. The average molecular weight is 218 g/mol. The van der Waals surface area contributed by atoms with Crippen LogP contribution in [-0.4, -0.2) is 29.9 Å². The fourth-order valence-electron chi connectivity index (χ4n) is 2.05. The predicted octanol–water partition coefficient (Wildman–Crippen LogP) is 1.64. The van der Waals surface area contributed by atoms with Crippen molar-refractivity contribution in [3.05, 3.63) is 35.4 Å². The van der Waals surface area contributed by atoms with Crippen molar-refractivity contribution in [3.63, 3.8) is 0 Å². The highest BCUT2D eigenvalue weighted by molar-refractivity contribution is 5.96. The zero-order chi connectivity index (χ0) is 11.5. The minimum atomic E-state index is 0.159. The van der Waals surface area contributed by atoms with Gasteiger partial charge < -0.3 is 10.2 Å². The summed E-state index contributed by atoms with van der Waals surface area (Å²) in [7, 11) is 0. The van der Waals surface area contributed by atoms with Crippen LogP contribution in [0.3, 0.4) is 0 Å². The van der Waals surface area contributed by atoms with Crippen molar-refractivity contribution >= 4 is 5.91 Å². The number of benzene rings is 1. The molecular weight excluding hydrogens is 200 g/mol. The maximum Gasteiger partial charge on any atom is 0.254 e. The smallest absolute Gasteiger partial charge is 0.254 e. The van der Waals surface area contributed by atoms with Crippen LogP contribution >= 0.6 is 0 Å². The number of carbonyl (C=O) groups is 1. The predicted molar refractivity (Wildman–Crippen MR) is 64.3 cm³/mol. The number of rotatable bonds is 1. The van der Waals surface area contributed by atoms with Crippen LogP contribution in [0.25, 0.3) is 0 Å². The second-order valence-corrected chi connectivity index (χ2v) is 4.43. The lowest BCUT2D eigenvalue weighted by molar-refractivity contribution is 0.0700. The SMILES string of the molecule is CC(C)N1CCNCc2ccccc2C1=O. The van der Waals surface area contributed by atoms with Crippen LogP contribution in [0, 0.1) is 0 Å². The molecule has 3 heteroatoms. The molecule has 0 unspecified atom stereocenters. The molecule has 0 aliphatic carbocycles. The van der Waals surface area contributed by atoms with Crippen LogP contribution in [0.5, 0.6) is 0 Å². The molecule has 0 aromatic heterocycles. The van der Waals surface area contributed by atoms with E-state index in [1.807, 2.05) is 29.2 Å². The Bertz CT molecular complexity index is 387. The van der Waals surface area contributed by atoms with Crippen molar-refractivity contribution in [2.45, 2.75) is 26.4 Å². The molecule has 1 heterocycles. The van der Waals surface area contributed by atoms with Crippen molar-refractivity contribution in [2.75, 3.05) is 13.1 Å². The highest BCUT2D eigenvalue weighted by Crippen LogP contribution is 2.15. The summed E-state index contributed by atoms with van der Waals surface area (Å²) >= 11 is 0. The summed E-state index contributed by atoms with van der Waals surface area (Å²) in [5.74, 6) is 0.159. The van der Waals surface area contributed by atoms with Crippen molar-refractivity contribution < 1.29 is 4.79 Å². The molecule has 86 valence electrons. The summed E-state index contributed by atoms with van der Waals surface area (Å²) in [4.78, 5) is 14.3. The van der Waals surface area contributed by atoms with Gasteiger partial charge in [0.15, 0.2) is 0 Å². The van der Waals surface area contributed by atoms with E-state index in [1.165, 1.54) is 0 Å². The van der Waals surface area contributed by atoms with E-state index in [-0.39, 0.29) is 11.9 Å². The number of hydrogen-bond donors (Lipinski definition) is 1. The molecule has 0 saturated carbocycles. The number of nitrogens with one attached hydrogen (secondary N) is 1. The fraction of sp³-hybridized carbons (Fsp3) is 0.462. The first-order valence-corrected chi connectivity index (χ1v) is 5.79. The number of fused-ring (bicyclic) bond motifs is 1. The van der Waals surface area contributed by atoms with E-state index < -0.39 is 0 Å². The van der Waals surface area contributed by atoms with Crippen molar-refractivity contribution in [3.8, 4) is 0 Å². The third-order valence-corrected chi connectivity index (χ3v) is 2.98. The van der Waals surface area contributed by atoms with Gasteiger partial charge in [-0.15, -0.1) is 0 Å². The van der Waals surface area contributed by atoms with Gasteiger partial charge in [0, 0.05) is 31.2 Å². The van der Waals surface area contributed by atoms with Gasteiger partial charge in [0.05, 0.1) is 0 Å². The van der Waals surface area contributed by atoms with E-state index in [1.54, 1.807) is 0 Å². The third-order valence-electron chi connectivity index (χ3n) is 2.98. The van der Waals surface area contributed by atoms with Crippen LogP contribution < -0.4 is 5.32 Å². The van der Waals surface area contributed by atoms with E-state index in [4.69, 9.17) is 0 Å². The Kier molecular flexibility index (Phi) is 3.25. The van der Waals surface area contributed by atoms with Crippen molar-refractivity contribution in [1.29, 1.82) is 0 Å². The van der Waals surface area contributed by atoms with Crippen LogP contribution in [-0.2, 0) is 6.54 Å². The van der Waals surface area contributed by atoms with Gasteiger partial charge in [-0.25, -0.2) is 0 Å². The summed E-state index contributed by atoms with van der Waals surface area (Å²) < 4.78 is 0. The van der Waals surface area contributed by atoms with E-state index >= 15 is 0 Å². The Morgan fingerprint density at radius 2 is 2.06 bits per heavy atom. The van der Waals surface area contributed by atoms with E-state index in [9.17, 15) is 4.79 Å². The molecule has 3 nitrogen and oxygen atoms in total. The first-order chi connectivity index (χ1) is 7.70. The molecular formula is C13H18N2O. The summed E-state index contributed by atoms with van der Waals surface area (Å²) in [5.41, 5.74) is 1.93. The standard InChI is InChI=1S/C13H18N2O/c1-10(2)15-8-7-14-9-11-5-3-4-6-12(11)13(15)16/h3-6,10,14H,7-9H2,1-2H3. The quantitative estimate of drug-likeness (QED) is 0.777. The summed E-state index contributed by atoms with van der Waals surface area (Å²) in [5, 5.41) is 3.35. The van der Waals surface area contributed by atoms with Gasteiger partial charge in [-0.3, -0.25) is 4.79 Å². The van der Waals surface area contributed by atoms with Gasteiger partial charge in [0.2, 0.25) is 0 Å². The zero-order valence-corrected chi connectivity index (χ0v) is 9.86. The van der Waals surface area contributed by atoms with Gasteiger partial charge in [-0.1, -0.05) is 18.2 Å². The lowest BCUT2D eigenvalue weighted by atomic mass is 10.0. The Balaban J connectivity index is 2.37. The molecule has 1 aromatic carbocycles. The minimum Gasteiger partial charge on any atom is -0.335 e. The van der Waals surface area contributed by atoms with Crippen LogP contribution in [0.4, 0.5) is 0 Å². The fourth-order valence-corrected chi connectivity index (χ4v) is 2.05. The van der Waals surface area contributed by atoms with E-state index in [0.717, 1.165) is 30.8 Å². The van der Waals surface area contributed by atoms with Gasteiger partial charge >= 0.3 is 0 Å². The van der Waals surface area contributed by atoms with Gasteiger partial charge in [-0.05, 0) is 25.5 Å². The molecule has 0 fully saturated rings. The van der Waals surface area contributed by atoms with Crippen LogP contribution in [0.15, 0.2) is 24.3 Å². The summed E-state index contributed by atoms with van der Waals surface area (Å²) in [6.07, 6.45) is 0. The molecule has 1 amide bonds. The highest BCUT2D eigenvalue weighted by Gasteiger charge is 2.22. The third kappa shape index (κ3) is 2.09. The molecule has 1 aromatic rings. The molecule has 1 aliphatic rings. The van der Waals surface area contributed by atoms with Crippen LogP contribution in [0.2, 0.25) is 0 Å². The number of carbonyl (C=O) groups excluding carboxylic acids is 1. The zero-order valence-electron chi connectivity index (χ0n) is 9.86. The largest absolute Gasteiger partial charge is 0.335 e. The second kappa shape index (κ2) is 4.66. The van der Waals surface area contributed by atoms with Crippen molar-refractivity contribution in [1.82, 2.24) is 10.2 Å². The normalized spacial score (nSPS) is 16.9. The maximum absolute atomic E-state index is 12.3. The maximum atomic E-state index is 12.3. The molecule has 0 atom stereocenters. The number of amides is 1. The molecule has 16 heavy (non-hydrogen) atoms. The molecule has 0 spiro atoms. The average Bonchev–Trinajstić information content (AvgIpc) is 2.26. The highest BCUT2D eigenvalue weighted by atomic mass is 16.2. The van der Waals surface area contributed by atoms with Crippen molar-refractivity contribution in [2.24, 2.45) is 0 Å². The summed E-state index contributed by atoms with van der Waals surface area (Å²) in [6.45, 7) is 6.54. The molecule has 1 aliphatic heterocycles. The number of hydrogen-bond acceptors (Lipinski definition) is 2. The Labute approximate surface area is 96.5 Å². The van der Waals surface area contributed by atoms with E-state index in [0.29, 0.717) is 0 Å². The Morgan fingerprint density at radius 3 is 2.81 bits per heavy atom. The lowest BCUT2D eigenvalue weighted by Crippen LogP contribution is -2.43. The Hall–Kier alpha value is -1.35. The monoisotopic (exact) mass is 218 g/mol. The summed E-state index contributed by atoms with van der Waals surface area (Å²) in [6, 6.07) is 8.09. The molecule has 2 rings (SSSR count). The first-order valence-electron chi connectivity index (χ1n) is 5.79. The van der Waals surface area contributed by atoms with Gasteiger partial charge in [0.1, 0.15) is 0 Å². The first kappa shape index (κ1) is 11.1. The molecule has 0 bridgehead atoms. The van der Waals surface area contributed by atoms with Gasteiger partial charge in [-0.2, -0.15) is 0 Å². The molecule has 0 saturated heterocycles. The topological polar surface area (TPSA) is 32.3 Å².